The summed E-state index contributed by atoms with van der Waals surface area (Å²) in [5, 5.41) is 2.03. The molecule has 11 heavy (non-hydrogen) atoms. The lowest BCUT2D eigenvalue weighted by molar-refractivity contribution is 0.0919. The van der Waals surface area contributed by atoms with Crippen molar-refractivity contribution in [1.82, 2.24) is 0 Å². The zero-order valence-electron chi connectivity index (χ0n) is 6.09. The second-order valence-corrected chi connectivity index (χ2v) is 4.54. The number of hydrogen-bond donors (Lipinski definition) is 0. The van der Waals surface area contributed by atoms with E-state index in [0.717, 1.165) is 24.8 Å². The molecule has 0 aromatic carbocycles. The molecule has 0 unspecified atom stereocenters. The maximum absolute atomic E-state index is 11.6. The summed E-state index contributed by atoms with van der Waals surface area (Å²) in [6.45, 7) is 0. The molecular formula is C9H8OS. The number of carbonyl (C=O) groups excluding carboxylic acids is 1. The first-order chi connectivity index (χ1) is 5.32. The third-order valence-corrected chi connectivity index (χ3v) is 3.75. The molecule has 1 saturated carbocycles. The second kappa shape index (κ2) is 1.58. The van der Waals surface area contributed by atoms with E-state index in [0.29, 0.717) is 5.78 Å². The van der Waals surface area contributed by atoms with Gasteiger partial charge in [0.05, 0.1) is 0 Å². The van der Waals surface area contributed by atoms with E-state index < -0.39 is 0 Å². The van der Waals surface area contributed by atoms with Crippen molar-refractivity contribution in [3.8, 4) is 0 Å². The van der Waals surface area contributed by atoms with Crippen LogP contribution in [0.4, 0.5) is 0 Å². The van der Waals surface area contributed by atoms with Crippen LogP contribution >= 0.6 is 11.3 Å². The van der Waals surface area contributed by atoms with Crippen LogP contribution in [-0.4, -0.2) is 5.78 Å². The summed E-state index contributed by atoms with van der Waals surface area (Å²) in [4.78, 5) is 13.0. The molecule has 56 valence electrons. The highest BCUT2D eigenvalue weighted by atomic mass is 32.1. The van der Waals surface area contributed by atoms with Crippen LogP contribution in [0.1, 0.15) is 28.1 Å². The molecule has 1 aromatic heterocycles. The number of fused-ring (bicyclic) bond motifs is 1. The van der Waals surface area contributed by atoms with Gasteiger partial charge in [-0.05, 0) is 30.7 Å². The Morgan fingerprint density at radius 1 is 1.45 bits per heavy atom. The molecule has 2 heteroatoms. The number of carbonyl (C=O) groups is 1. The fourth-order valence-electron chi connectivity index (χ4n) is 1.91. The lowest BCUT2D eigenvalue weighted by atomic mass is 10.0. The average molecular weight is 164 g/mol. The van der Waals surface area contributed by atoms with Gasteiger partial charge in [-0.3, -0.25) is 4.79 Å². The van der Waals surface area contributed by atoms with Crippen molar-refractivity contribution in [3.63, 3.8) is 0 Å². The minimum absolute atomic E-state index is 0.114. The average Bonchev–Trinajstić information content (AvgIpc) is 2.53. The van der Waals surface area contributed by atoms with Crippen molar-refractivity contribution in [2.75, 3.05) is 0 Å². The van der Waals surface area contributed by atoms with Gasteiger partial charge in [-0.1, -0.05) is 0 Å². The van der Waals surface area contributed by atoms with E-state index in [-0.39, 0.29) is 5.41 Å². The molecule has 0 amide bonds. The third-order valence-electron chi connectivity index (χ3n) is 2.82. The van der Waals surface area contributed by atoms with Crippen LogP contribution in [0.3, 0.4) is 0 Å². The van der Waals surface area contributed by atoms with Gasteiger partial charge < -0.3 is 0 Å². The molecule has 1 aromatic rings. The lowest BCUT2D eigenvalue weighted by Crippen LogP contribution is -2.08. The topological polar surface area (TPSA) is 17.1 Å². The van der Waals surface area contributed by atoms with Crippen molar-refractivity contribution in [2.45, 2.75) is 19.3 Å². The van der Waals surface area contributed by atoms with Crippen molar-refractivity contribution in [1.29, 1.82) is 0 Å². The van der Waals surface area contributed by atoms with Crippen LogP contribution in [-0.2, 0) is 6.42 Å². The molecule has 0 N–H and O–H groups in total. The van der Waals surface area contributed by atoms with Gasteiger partial charge >= 0.3 is 0 Å². The molecule has 3 rings (SSSR count). The van der Waals surface area contributed by atoms with Crippen molar-refractivity contribution < 1.29 is 4.79 Å². The molecular weight excluding hydrogens is 156 g/mol. The number of hydrogen-bond acceptors (Lipinski definition) is 2. The Hall–Kier alpha value is -0.630. The van der Waals surface area contributed by atoms with Crippen LogP contribution < -0.4 is 0 Å². The van der Waals surface area contributed by atoms with Crippen molar-refractivity contribution in [3.05, 3.63) is 21.9 Å². The lowest BCUT2D eigenvalue weighted by Gasteiger charge is -1.99. The molecule has 2 aliphatic carbocycles. The zero-order valence-corrected chi connectivity index (χ0v) is 6.91. The molecule has 0 aliphatic heterocycles. The summed E-state index contributed by atoms with van der Waals surface area (Å²) in [7, 11) is 0. The highest BCUT2D eigenvalue weighted by Gasteiger charge is 2.54. The van der Waals surface area contributed by atoms with Crippen LogP contribution in [0.15, 0.2) is 11.4 Å². The van der Waals surface area contributed by atoms with Gasteiger partial charge in [0.25, 0.3) is 0 Å². The zero-order chi connectivity index (χ0) is 7.47. The first-order valence-corrected chi connectivity index (χ1v) is 4.81. The van der Waals surface area contributed by atoms with Gasteiger partial charge in [0.15, 0.2) is 5.78 Å². The van der Waals surface area contributed by atoms with Crippen LogP contribution in [0.2, 0.25) is 0 Å². The number of ketones is 1. The Morgan fingerprint density at radius 3 is 2.91 bits per heavy atom. The van der Waals surface area contributed by atoms with Crippen molar-refractivity contribution >= 4 is 17.1 Å². The monoisotopic (exact) mass is 164 g/mol. The Kier molecular flexibility index (Phi) is 0.856. The largest absolute Gasteiger partial charge is 0.294 e. The van der Waals surface area contributed by atoms with Gasteiger partial charge in [0.2, 0.25) is 0 Å². The molecule has 1 fully saturated rings. The smallest absolute Gasteiger partial charge is 0.170 e. The highest BCUT2D eigenvalue weighted by molar-refractivity contribution is 7.10. The third kappa shape index (κ3) is 0.590. The van der Waals surface area contributed by atoms with Crippen LogP contribution in [0, 0.1) is 5.41 Å². The Morgan fingerprint density at radius 2 is 2.27 bits per heavy atom. The highest BCUT2D eigenvalue weighted by Crippen LogP contribution is 2.56. The fraction of sp³-hybridized carbons (Fsp3) is 0.444. The van der Waals surface area contributed by atoms with Gasteiger partial charge in [-0.15, -0.1) is 11.3 Å². The molecule has 0 atom stereocenters. The van der Waals surface area contributed by atoms with E-state index in [1.54, 1.807) is 11.3 Å². The van der Waals surface area contributed by atoms with E-state index in [2.05, 4.69) is 0 Å². The van der Waals surface area contributed by atoms with E-state index in [9.17, 15) is 4.79 Å². The van der Waals surface area contributed by atoms with Gasteiger partial charge in [-0.25, -0.2) is 0 Å². The Balaban J connectivity index is 2.19. The van der Waals surface area contributed by atoms with Gasteiger partial charge in [0.1, 0.15) is 0 Å². The fourth-order valence-corrected chi connectivity index (χ4v) is 2.92. The first kappa shape index (κ1) is 5.95. The number of Topliss-reactive ketones (excluding diaryl/α,β-unsaturated/α-hetero) is 1. The predicted octanol–water partition coefficient (Wildman–Crippen LogP) is 2.27. The Bertz CT molecular complexity index is 333. The van der Waals surface area contributed by atoms with Gasteiger partial charge in [0, 0.05) is 15.9 Å². The summed E-state index contributed by atoms with van der Waals surface area (Å²) in [6.07, 6.45) is 3.30. The quantitative estimate of drug-likeness (QED) is 0.575. The predicted molar refractivity (Wildman–Crippen MR) is 44.0 cm³/mol. The summed E-state index contributed by atoms with van der Waals surface area (Å²) in [6, 6.07) is 1.98. The van der Waals surface area contributed by atoms with Crippen LogP contribution in [0.5, 0.6) is 0 Å². The van der Waals surface area contributed by atoms with E-state index >= 15 is 0 Å². The maximum Gasteiger partial charge on any atom is 0.170 e. The molecule has 1 nitrogen and oxygen atoms in total. The molecule has 0 bridgehead atoms. The molecule has 0 radical (unpaired) electrons. The second-order valence-electron chi connectivity index (χ2n) is 3.54. The van der Waals surface area contributed by atoms with E-state index in [1.165, 1.54) is 4.88 Å². The SMILES string of the molecule is O=C1c2ccsc2CC12CC2. The summed E-state index contributed by atoms with van der Waals surface area (Å²) >= 11 is 1.74. The number of rotatable bonds is 0. The standard InChI is InChI=1S/C9H8OS/c10-8-6-1-4-11-7(6)5-9(8)2-3-9/h1,4H,2-3,5H2. The summed E-state index contributed by atoms with van der Waals surface area (Å²) in [5.74, 6) is 0.425. The minimum atomic E-state index is 0.114. The number of thiophene rings is 1. The molecule has 0 saturated heterocycles. The Labute approximate surface area is 69.0 Å². The summed E-state index contributed by atoms with van der Waals surface area (Å²) < 4.78 is 0. The summed E-state index contributed by atoms with van der Waals surface area (Å²) in [5.41, 5.74) is 1.13. The van der Waals surface area contributed by atoms with Gasteiger partial charge in [-0.2, -0.15) is 0 Å². The van der Waals surface area contributed by atoms with E-state index in [4.69, 9.17) is 0 Å². The molecule has 1 spiro atoms. The van der Waals surface area contributed by atoms with Crippen molar-refractivity contribution in [2.24, 2.45) is 5.41 Å². The molecule has 1 heterocycles. The van der Waals surface area contributed by atoms with E-state index in [1.807, 2.05) is 11.4 Å². The maximum atomic E-state index is 11.6. The van der Waals surface area contributed by atoms with Crippen LogP contribution in [0.25, 0.3) is 0 Å². The normalized spacial score (nSPS) is 24.2. The first-order valence-electron chi connectivity index (χ1n) is 3.93. The molecule has 2 aliphatic rings. The minimum Gasteiger partial charge on any atom is -0.294 e.